The van der Waals surface area contributed by atoms with Gasteiger partial charge in [0.25, 0.3) is 5.91 Å². The van der Waals surface area contributed by atoms with Crippen molar-refractivity contribution < 1.29 is 22.7 Å². The predicted molar refractivity (Wildman–Crippen MR) is 130 cm³/mol. The van der Waals surface area contributed by atoms with Gasteiger partial charge in [-0.25, -0.2) is 8.42 Å². The van der Waals surface area contributed by atoms with Gasteiger partial charge in [-0.15, -0.1) is 0 Å². The van der Waals surface area contributed by atoms with E-state index in [1.807, 2.05) is 6.92 Å². The summed E-state index contributed by atoms with van der Waals surface area (Å²) in [5.41, 5.74) is 7.22. The Morgan fingerprint density at radius 2 is 1.74 bits per heavy atom. The number of sulfone groups is 1. The Balaban J connectivity index is 1.84. The number of ether oxygens (including phenoxy) is 2. The summed E-state index contributed by atoms with van der Waals surface area (Å²) >= 11 is 0. The molecule has 3 N–H and O–H groups in total. The van der Waals surface area contributed by atoms with Crippen molar-refractivity contribution in [3.8, 4) is 11.5 Å². The number of anilines is 2. The number of hydrogen-bond donors (Lipinski definition) is 2. The number of aromatic nitrogens is 1. The number of benzene rings is 3. The second kappa shape index (κ2) is 9.40. The zero-order chi connectivity index (χ0) is 24.3. The standard InChI is InChI=1S/C25H23N3O5S/c1-3-33-17-7-9-19(10-8-17)34(30,31)20-11-12-23-21(14-20)24(22(15-27-23)25(26)29)28-16-5-4-6-18(13-16)32-2/h4-15H,3H2,1-2H3,(H2,26,29)(H,27,28). The zero-order valence-electron chi connectivity index (χ0n) is 18.6. The van der Waals surface area contributed by atoms with Crippen LogP contribution in [0.15, 0.2) is 82.7 Å². The van der Waals surface area contributed by atoms with Crippen molar-refractivity contribution in [3.63, 3.8) is 0 Å². The van der Waals surface area contributed by atoms with Crippen LogP contribution < -0.4 is 20.5 Å². The molecule has 4 rings (SSSR count). The molecule has 0 fully saturated rings. The second-order valence-corrected chi connectivity index (χ2v) is 9.30. The molecule has 9 heteroatoms. The number of methoxy groups -OCH3 is 1. The molecule has 0 spiro atoms. The van der Waals surface area contributed by atoms with Crippen LogP contribution in [0.25, 0.3) is 10.9 Å². The number of nitrogens with two attached hydrogens (primary N) is 1. The fourth-order valence-corrected chi connectivity index (χ4v) is 4.81. The summed E-state index contributed by atoms with van der Waals surface area (Å²) in [7, 11) is -2.29. The molecule has 0 aliphatic carbocycles. The van der Waals surface area contributed by atoms with Crippen LogP contribution in [0.2, 0.25) is 0 Å². The molecule has 1 heterocycles. The molecule has 0 radical (unpaired) electrons. The van der Waals surface area contributed by atoms with Gasteiger partial charge in [-0.3, -0.25) is 9.78 Å². The Morgan fingerprint density at radius 1 is 1.00 bits per heavy atom. The molecule has 1 aromatic heterocycles. The SMILES string of the molecule is CCOc1ccc(S(=O)(=O)c2ccc3ncc(C(N)=O)c(Nc4cccc(OC)c4)c3c2)cc1. The summed E-state index contributed by atoms with van der Waals surface area (Å²) < 4.78 is 37.3. The first kappa shape index (κ1) is 23.1. The molecule has 1 amide bonds. The van der Waals surface area contributed by atoms with Crippen molar-refractivity contribution in [2.45, 2.75) is 16.7 Å². The number of hydrogen-bond acceptors (Lipinski definition) is 7. The van der Waals surface area contributed by atoms with E-state index in [-0.39, 0.29) is 15.4 Å². The Hall–Kier alpha value is -4.11. The molecule has 0 aliphatic heterocycles. The lowest BCUT2D eigenvalue weighted by atomic mass is 10.1. The van der Waals surface area contributed by atoms with Gasteiger partial charge in [0.1, 0.15) is 11.5 Å². The average Bonchev–Trinajstić information content (AvgIpc) is 2.84. The number of carbonyl (C=O) groups is 1. The number of nitrogens with one attached hydrogen (secondary N) is 1. The summed E-state index contributed by atoms with van der Waals surface area (Å²) in [6, 6.07) is 17.9. The van der Waals surface area contributed by atoms with Crippen molar-refractivity contribution >= 4 is 38.0 Å². The van der Waals surface area contributed by atoms with E-state index < -0.39 is 15.7 Å². The predicted octanol–water partition coefficient (Wildman–Crippen LogP) is 4.32. The van der Waals surface area contributed by atoms with E-state index in [1.54, 1.807) is 49.6 Å². The van der Waals surface area contributed by atoms with Crippen LogP contribution in [0.3, 0.4) is 0 Å². The van der Waals surface area contributed by atoms with E-state index >= 15 is 0 Å². The van der Waals surface area contributed by atoms with E-state index in [0.29, 0.717) is 40.4 Å². The van der Waals surface area contributed by atoms with Gasteiger partial charge in [-0.2, -0.15) is 0 Å². The first-order chi connectivity index (χ1) is 16.3. The number of rotatable bonds is 8. The third kappa shape index (κ3) is 4.51. The highest BCUT2D eigenvalue weighted by atomic mass is 32.2. The molecule has 0 aliphatic rings. The molecule has 0 bridgehead atoms. The van der Waals surface area contributed by atoms with Crippen LogP contribution in [0.5, 0.6) is 11.5 Å². The minimum atomic E-state index is -3.84. The third-order valence-corrected chi connectivity index (χ3v) is 6.97. The average molecular weight is 478 g/mol. The second-order valence-electron chi connectivity index (χ2n) is 7.35. The lowest BCUT2D eigenvalue weighted by Crippen LogP contribution is -2.14. The molecule has 0 saturated heterocycles. The Labute approximate surface area is 197 Å². The fraction of sp³-hybridized carbons (Fsp3) is 0.120. The third-order valence-electron chi connectivity index (χ3n) is 5.20. The van der Waals surface area contributed by atoms with Crippen molar-refractivity contribution in [1.29, 1.82) is 0 Å². The molecule has 0 unspecified atom stereocenters. The van der Waals surface area contributed by atoms with E-state index in [0.717, 1.165) is 0 Å². The van der Waals surface area contributed by atoms with Crippen molar-refractivity contribution in [1.82, 2.24) is 4.98 Å². The zero-order valence-corrected chi connectivity index (χ0v) is 19.4. The largest absolute Gasteiger partial charge is 0.497 e. The molecule has 174 valence electrons. The van der Waals surface area contributed by atoms with Crippen molar-refractivity contribution in [3.05, 3.63) is 78.5 Å². The van der Waals surface area contributed by atoms with Gasteiger partial charge in [0.05, 0.1) is 40.3 Å². The summed E-state index contributed by atoms with van der Waals surface area (Å²) in [5, 5.41) is 3.62. The highest BCUT2D eigenvalue weighted by Crippen LogP contribution is 2.33. The molecular weight excluding hydrogens is 454 g/mol. The number of primary amides is 1. The Bertz CT molecular complexity index is 1470. The van der Waals surface area contributed by atoms with Gasteiger partial charge >= 0.3 is 0 Å². The van der Waals surface area contributed by atoms with Gasteiger partial charge < -0.3 is 20.5 Å². The molecule has 0 saturated carbocycles. The van der Waals surface area contributed by atoms with E-state index in [4.69, 9.17) is 15.2 Å². The maximum Gasteiger partial charge on any atom is 0.252 e. The first-order valence-electron chi connectivity index (χ1n) is 10.4. The van der Waals surface area contributed by atoms with Crippen LogP contribution in [0.1, 0.15) is 17.3 Å². The van der Waals surface area contributed by atoms with Gasteiger partial charge in [0, 0.05) is 23.3 Å². The van der Waals surface area contributed by atoms with Crippen LogP contribution in [-0.2, 0) is 9.84 Å². The number of amides is 1. The van der Waals surface area contributed by atoms with E-state index in [1.165, 1.54) is 30.5 Å². The van der Waals surface area contributed by atoms with Crippen molar-refractivity contribution in [2.75, 3.05) is 19.0 Å². The van der Waals surface area contributed by atoms with Gasteiger partial charge in [-0.05, 0) is 61.5 Å². The summed E-state index contributed by atoms with van der Waals surface area (Å²) in [4.78, 5) is 16.6. The minimum Gasteiger partial charge on any atom is -0.497 e. The van der Waals surface area contributed by atoms with Crippen LogP contribution in [0, 0.1) is 0 Å². The fourth-order valence-electron chi connectivity index (χ4n) is 3.52. The minimum absolute atomic E-state index is 0.0567. The number of carbonyl (C=O) groups excluding carboxylic acids is 1. The first-order valence-corrected chi connectivity index (χ1v) is 11.9. The van der Waals surface area contributed by atoms with Gasteiger partial charge in [0.15, 0.2) is 0 Å². The monoisotopic (exact) mass is 477 g/mol. The van der Waals surface area contributed by atoms with Crippen molar-refractivity contribution in [2.24, 2.45) is 5.73 Å². The van der Waals surface area contributed by atoms with Gasteiger partial charge in [0.2, 0.25) is 9.84 Å². The highest BCUT2D eigenvalue weighted by molar-refractivity contribution is 7.91. The van der Waals surface area contributed by atoms with Gasteiger partial charge in [-0.1, -0.05) is 6.07 Å². The number of pyridine rings is 1. The molecule has 0 atom stereocenters. The summed E-state index contributed by atoms with van der Waals surface area (Å²) in [6.45, 7) is 2.33. The Morgan fingerprint density at radius 3 is 2.41 bits per heavy atom. The molecule has 8 nitrogen and oxygen atoms in total. The highest BCUT2D eigenvalue weighted by Gasteiger charge is 2.21. The lowest BCUT2D eigenvalue weighted by Gasteiger charge is -2.15. The topological polar surface area (TPSA) is 121 Å². The summed E-state index contributed by atoms with van der Waals surface area (Å²) in [6.07, 6.45) is 1.37. The van der Waals surface area contributed by atoms with E-state index in [9.17, 15) is 13.2 Å². The molecular formula is C25H23N3O5S. The maximum absolute atomic E-state index is 13.3. The smallest absolute Gasteiger partial charge is 0.252 e. The van der Waals surface area contributed by atoms with E-state index in [2.05, 4.69) is 10.3 Å². The van der Waals surface area contributed by atoms with Crippen LogP contribution in [-0.4, -0.2) is 33.0 Å². The molecule has 4 aromatic rings. The lowest BCUT2D eigenvalue weighted by molar-refractivity contribution is 0.100. The normalized spacial score (nSPS) is 11.2. The molecule has 34 heavy (non-hydrogen) atoms. The van der Waals surface area contributed by atoms with Crippen LogP contribution >= 0.6 is 0 Å². The van der Waals surface area contributed by atoms with Crippen LogP contribution in [0.4, 0.5) is 11.4 Å². The maximum atomic E-state index is 13.3. The molecule has 3 aromatic carbocycles. The number of nitrogens with zero attached hydrogens (tertiary/aromatic N) is 1. The summed E-state index contributed by atoms with van der Waals surface area (Å²) in [5.74, 6) is 0.502. The Kier molecular flexibility index (Phi) is 6.38. The quantitative estimate of drug-likeness (QED) is 0.388. The number of fused-ring (bicyclic) bond motifs is 1.